The number of hydrogen-bond donors (Lipinski definition) is 2. The first-order valence-electron chi connectivity index (χ1n) is 5.32. The third-order valence-corrected chi connectivity index (χ3v) is 3.32. The van der Waals surface area contributed by atoms with E-state index in [2.05, 4.69) is 16.0 Å². The van der Waals surface area contributed by atoms with E-state index in [0.717, 1.165) is 28.8 Å². The Morgan fingerprint density at radius 2 is 2.29 bits per heavy atom. The number of thioether (sulfide) groups is 1. The highest BCUT2D eigenvalue weighted by Gasteiger charge is 2.08. The van der Waals surface area contributed by atoms with Crippen molar-refractivity contribution in [3.8, 4) is 0 Å². The van der Waals surface area contributed by atoms with Crippen molar-refractivity contribution in [3.05, 3.63) is 36.0 Å². The number of hydrogen-bond acceptors (Lipinski definition) is 3. The topological polar surface area (TPSA) is 63.5 Å². The summed E-state index contributed by atoms with van der Waals surface area (Å²) < 4.78 is 2.18. The summed E-state index contributed by atoms with van der Waals surface area (Å²) in [5, 5.41) is 12.8. The molecule has 0 aliphatic rings. The molecular weight excluding hydrogens is 234 g/mol. The molecule has 0 aliphatic carbocycles. The molecular formula is C12H15N3OS. The summed E-state index contributed by atoms with van der Waals surface area (Å²) in [6.07, 6.45) is 4.13. The van der Waals surface area contributed by atoms with Crippen LogP contribution in [0, 0.1) is 0 Å². The Morgan fingerprint density at radius 3 is 3.00 bits per heavy atom. The Bertz CT molecular complexity index is 548. The number of nitrogens with two attached hydrogens (primary N) is 1. The molecule has 0 fully saturated rings. The second-order valence-electron chi connectivity index (χ2n) is 3.73. The molecule has 0 saturated heterocycles. The van der Waals surface area contributed by atoms with Crippen LogP contribution in [0.2, 0.25) is 0 Å². The maximum atomic E-state index is 8.75. The summed E-state index contributed by atoms with van der Waals surface area (Å²) in [7, 11) is 0. The van der Waals surface area contributed by atoms with Crippen LogP contribution in [0.15, 0.2) is 35.6 Å². The van der Waals surface area contributed by atoms with Crippen LogP contribution in [0.4, 0.5) is 0 Å². The number of rotatable bonds is 4. The zero-order valence-corrected chi connectivity index (χ0v) is 10.4. The molecule has 0 atom stereocenters. The van der Waals surface area contributed by atoms with Gasteiger partial charge in [-0.1, -0.05) is 17.3 Å². The molecule has 1 heterocycles. The van der Waals surface area contributed by atoms with Gasteiger partial charge in [-0.25, -0.2) is 0 Å². The molecule has 4 nitrogen and oxygen atoms in total. The fraction of sp³-hybridized carbons (Fsp3) is 0.250. The van der Waals surface area contributed by atoms with Gasteiger partial charge < -0.3 is 15.5 Å². The molecule has 0 unspecified atom stereocenters. The number of nitrogens with zero attached hydrogens (tertiary/aromatic N) is 2. The first-order chi connectivity index (χ1) is 8.27. The van der Waals surface area contributed by atoms with E-state index in [9.17, 15) is 0 Å². The van der Waals surface area contributed by atoms with Crippen LogP contribution in [-0.4, -0.2) is 27.6 Å². The van der Waals surface area contributed by atoms with E-state index in [0.29, 0.717) is 0 Å². The number of oxime groups is 1. The monoisotopic (exact) mass is 249 g/mol. The zero-order chi connectivity index (χ0) is 12.3. The quantitative estimate of drug-likeness (QED) is 0.377. The SMILES string of the molecule is CSCCn1ccc2c(/C(N)=N/O)cccc21. The normalized spacial score (nSPS) is 12.2. The minimum absolute atomic E-state index is 0.151. The fourth-order valence-electron chi connectivity index (χ4n) is 1.89. The number of benzene rings is 1. The maximum Gasteiger partial charge on any atom is 0.170 e. The Balaban J connectivity index is 2.49. The van der Waals surface area contributed by atoms with Gasteiger partial charge in [-0.15, -0.1) is 0 Å². The van der Waals surface area contributed by atoms with E-state index < -0.39 is 0 Å². The van der Waals surface area contributed by atoms with Crippen LogP contribution in [0.25, 0.3) is 10.9 Å². The van der Waals surface area contributed by atoms with Gasteiger partial charge in [0.15, 0.2) is 5.84 Å². The van der Waals surface area contributed by atoms with Crippen LogP contribution < -0.4 is 5.73 Å². The van der Waals surface area contributed by atoms with Crippen molar-refractivity contribution in [1.82, 2.24) is 4.57 Å². The first-order valence-corrected chi connectivity index (χ1v) is 6.72. The van der Waals surface area contributed by atoms with E-state index in [4.69, 9.17) is 10.9 Å². The second kappa shape index (κ2) is 5.14. The molecule has 2 aromatic rings. The van der Waals surface area contributed by atoms with Crippen LogP contribution in [-0.2, 0) is 6.54 Å². The van der Waals surface area contributed by atoms with Crippen molar-refractivity contribution in [2.75, 3.05) is 12.0 Å². The predicted octanol–water partition coefficient (Wildman–Crippen LogP) is 2.10. The van der Waals surface area contributed by atoms with E-state index in [1.54, 1.807) is 0 Å². The van der Waals surface area contributed by atoms with Gasteiger partial charge in [-0.05, 0) is 18.4 Å². The van der Waals surface area contributed by atoms with E-state index in [-0.39, 0.29) is 5.84 Å². The standard InChI is InChI=1S/C12H15N3OS/c1-17-8-7-15-6-5-9-10(12(13)14-16)3-2-4-11(9)15/h2-6,16H,7-8H2,1H3,(H2,13,14). The smallest absolute Gasteiger partial charge is 0.170 e. The maximum absolute atomic E-state index is 8.75. The van der Waals surface area contributed by atoms with E-state index in [1.165, 1.54) is 0 Å². The fourth-order valence-corrected chi connectivity index (χ4v) is 2.26. The molecule has 0 radical (unpaired) electrons. The summed E-state index contributed by atoms with van der Waals surface area (Å²) >= 11 is 1.81. The predicted molar refractivity (Wildman–Crippen MR) is 72.8 cm³/mol. The van der Waals surface area contributed by atoms with E-state index >= 15 is 0 Å². The summed E-state index contributed by atoms with van der Waals surface area (Å²) in [6, 6.07) is 7.83. The zero-order valence-electron chi connectivity index (χ0n) is 9.63. The van der Waals surface area contributed by atoms with Gasteiger partial charge in [0, 0.05) is 35.0 Å². The molecule has 0 bridgehead atoms. The Morgan fingerprint density at radius 1 is 1.47 bits per heavy atom. The molecule has 0 amide bonds. The molecule has 0 spiro atoms. The summed E-state index contributed by atoms with van der Waals surface area (Å²) in [5.74, 6) is 1.22. The minimum Gasteiger partial charge on any atom is -0.409 e. The number of amidine groups is 1. The molecule has 3 N–H and O–H groups in total. The van der Waals surface area contributed by atoms with Crippen molar-refractivity contribution in [2.45, 2.75) is 6.54 Å². The lowest BCUT2D eigenvalue weighted by molar-refractivity contribution is 0.318. The number of aromatic nitrogens is 1. The van der Waals surface area contributed by atoms with Crippen molar-refractivity contribution in [1.29, 1.82) is 0 Å². The van der Waals surface area contributed by atoms with Gasteiger partial charge in [0.25, 0.3) is 0 Å². The van der Waals surface area contributed by atoms with Crippen LogP contribution >= 0.6 is 11.8 Å². The lowest BCUT2D eigenvalue weighted by atomic mass is 10.1. The second-order valence-corrected chi connectivity index (χ2v) is 4.71. The van der Waals surface area contributed by atoms with Gasteiger partial charge in [0.05, 0.1) is 0 Å². The van der Waals surface area contributed by atoms with Crippen molar-refractivity contribution < 1.29 is 5.21 Å². The molecule has 17 heavy (non-hydrogen) atoms. The molecule has 90 valence electrons. The van der Waals surface area contributed by atoms with Crippen molar-refractivity contribution in [3.63, 3.8) is 0 Å². The third-order valence-electron chi connectivity index (χ3n) is 2.73. The van der Waals surface area contributed by atoms with E-state index in [1.807, 2.05) is 42.2 Å². The average molecular weight is 249 g/mol. The molecule has 1 aromatic carbocycles. The summed E-state index contributed by atoms with van der Waals surface area (Å²) in [4.78, 5) is 0. The van der Waals surface area contributed by atoms with Crippen LogP contribution in [0.3, 0.4) is 0 Å². The van der Waals surface area contributed by atoms with Crippen molar-refractivity contribution in [2.24, 2.45) is 10.9 Å². The van der Waals surface area contributed by atoms with Gasteiger partial charge in [0.2, 0.25) is 0 Å². The van der Waals surface area contributed by atoms with Gasteiger partial charge in [0.1, 0.15) is 0 Å². The highest BCUT2D eigenvalue weighted by molar-refractivity contribution is 7.98. The number of fused-ring (bicyclic) bond motifs is 1. The Hall–Kier alpha value is -1.62. The third kappa shape index (κ3) is 2.24. The molecule has 0 aliphatic heterocycles. The Labute approximate surface area is 104 Å². The lowest BCUT2D eigenvalue weighted by Crippen LogP contribution is -2.13. The van der Waals surface area contributed by atoms with Crippen molar-refractivity contribution >= 4 is 28.5 Å². The molecule has 5 heteroatoms. The summed E-state index contributed by atoms with van der Waals surface area (Å²) in [5.41, 5.74) is 7.54. The molecule has 0 saturated carbocycles. The lowest BCUT2D eigenvalue weighted by Gasteiger charge is -2.05. The largest absolute Gasteiger partial charge is 0.409 e. The minimum atomic E-state index is 0.151. The van der Waals surface area contributed by atoms with Gasteiger partial charge >= 0.3 is 0 Å². The van der Waals surface area contributed by atoms with Gasteiger partial charge in [-0.2, -0.15) is 11.8 Å². The highest BCUT2D eigenvalue weighted by Crippen LogP contribution is 2.20. The average Bonchev–Trinajstić information content (AvgIpc) is 2.78. The number of aryl methyl sites for hydroxylation is 1. The van der Waals surface area contributed by atoms with Crippen LogP contribution in [0.5, 0.6) is 0 Å². The summed E-state index contributed by atoms with van der Waals surface area (Å²) in [6.45, 7) is 0.963. The first kappa shape index (κ1) is 11.9. The molecule has 1 aromatic heterocycles. The molecule has 2 rings (SSSR count). The Kier molecular flexibility index (Phi) is 3.58. The highest BCUT2D eigenvalue weighted by atomic mass is 32.2. The van der Waals surface area contributed by atoms with Crippen LogP contribution in [0.1, 0.15) is 5.56 Å². The van der Waals surface area contributed by atoms with Gasteiger partial charge in [-0.3, -0.25) is 0 Å².